The minimum atomic E-state index is -0.212. The smallest absolute Gasteiger partial charge is 0.294 e. The molecule has 2 amide bonds. The van der Waals surface area contributed by atoms with Crippen molar-refractivity contribution in [1.82, 2.24) is 4.90 Å². The Morgan fingerprint density at radius 1 is 0.857 bits per heavy atom. The number of para-hydroxylation sites is 1. The zero-order chi connectivity index (χ0) is 29.2. The first-order valence-electron chi connectivity index (χ1n) is 14.8. The van der Waals surface area contributed by atoms with Crippen molar-refractivity contribution in [3.8, 4) is 0 Å². The van der Waals surface area contributed by atoms with Gasteiger partial charge in [-0.25, -0.2) is 0 Å². The molecule has 2 aliphatic heterocycles. The van der Waals surface area contributed by atoms with Gasteiger partial charge in [0.25, 0.3) is 5.91 Å². The number of fused-ring (bicyclic) bond motifs is 1. The van der Waals surface area contributed by atoms with Crippen LogP contribution in [0.5, 0.6) is 0 Å². The molecule has 6 rings (SSSR count). The predicted octanol–water partition coefficient (Wildman–Crippen LogP) is 6.23. The fourth-order valence-corrected chi connectivity index (χ4v) is 6.30. The van der Waals surface area contributed by atoms with Gasteiger partial charge in [-0.05, 0) is 75.2 Å². The first kappa shape index (κ1) is 27.8. The highest BCUT2D eigenvalue weighted by Gasteiger charge is 2.40. The molecule has 1 fully saturated rings. The molecule has 0 spiro atoms. The summed E-state index contributed by atoms with van der Waals surface area (Å²) in [5.41, 5.74) is 6.15. The van der Waals surface area contributed by atoms with Crippen LogP contribution in [0.1, 0.15) is 46.6 Å². The second-order valence-corrected chi connectivity index (χ2v) is 11.5. The van der Waals surface area contributed by atoms with Crippen molar-refractivity contribution in [2.45, 2.75) is 39.3 Å². The second kappa shape index (κ2) is 11.9. The van der Waals surface area contributed by atoms with Gasteiger partial charge in [0.1, 0.15) is 0 Å². The number of rotatable bonds is 6. The lowest BCUT2D eigenvalue weighted by molar-refractivity contribution is -0.120. The molecule has 7 nitrogen and oxygen atoms in total. The number of carbonyl (C=O) groups excluding carboxylic acids is 2. The standard InChI is InChI=1S/C35H38N4O3/c1-25-11-14-29(15-12-25)39(34(40)24-36-17-19-37(20-18-36)28-8-5-4-6-9-28)32-23-27(3)38(35(41)33-10-7-21-42-33)31-16-13-26(2)22-30(31)32/h4-16,21-22,27,32H,17-20,23-24H2,1-3H3/t27-,32+/m0/s1. The van der Waals surface area contributed by atoms with Crippen LogP contribution in [-0.4, -0.2) is 55.5 Å². The van der Waals surface area contributed by atoms with Crippen molar-refractivity contribution >= 4 is 28.9 Å². The number of hydrogen-bond donors (Lipinski definition) is 0. The quantitative estimate of drug-likeness (QED) is 0.279. The zero-order valence-electron chi connectivity index (χ0n) is 24.6. The molecule has 3 aromatic carbocycles. The maximum atomic E-state index is 14.3. The van der Waals surface area contributed by atoms with Gasteiger partial charge in [-0.3, -0.25) is 14.5 Å². The van der Waals surface area contributed by atoms with E-state index >= 15 is 0 Å². The summed E-state index contributed by atoms with van der Waals surface area (Å²) in [6.07, 6.45) is 2.14. The topological polar surface area (TPSA) is 60.2 Å². The number of hydrogen-bond acceptors (Lipinski definition) is 5. The van der Waals surface area contributed by atoms with Crippen LogP contribution in [0, 0.1) is 13.8 Å². The molecule has 0 saturated carbocycles. The van der Waals surface area contributed by atoms with Gasteiger partial charge >= 0.3 is 0 Å². The lowest BCUT2D eigenvalue weighted by Crippen LogP contribution is -2.52. The summed E-state index contributed by atoms with van der Waals surface area (Å²) in [5, 5.41) is 0. The van der Waals surface area contributed by atoms with Crippen molar-refractivity contribution in [3.63, 3.8) is 0 Å². The molecule has 2 atom stereocenters. The van der Waals surface area contributed by atoms with E-state index in [4.69, 9.17) is 4.42 Å². The maximum Gasteiger partial charge on any atom is 0.294 e. The first-order chi connectivity index (χ1) is 20.4. The van der Waals surface area contributed by atoms with E-state index in [9.17, 15) is 9.59 Å². The Morgan fingerprint density at radius 3 is 2.26 bits per heavy atom. The minimum Gasteiger partial charge on any atom is -0.459 e. The highest BCUT2D eigenvalue weighted by molar-refractivity contribution is 6.06. The van der Waals surface area contributed by atoms with Crippen molar-refractivity contribution in [1.29, 1.82) is 0 Å². The van der Waals surface area contributed by atoms with Crippen LogP contribution in [0.3, 0.4) is 0 Å². The Balaban J connectivity index is 1.30. The average Bonchev–Trinajstić information content (AvgIpc) is 3.55. The first-order valence-corrected chi connectivity index (χ1v) is 14.8. The molecule has 42 heavy (non-hydrogen) atoms. The number of anilines is 3. The van der Waals surface area contributed by atoms with Gasteiger partial charge in [0.15, 0.2) is 5.76 Å². The van der Waals surface area contributed by atoms with Gasteiger partial charge in [-0.1, -0.05) is 53.6 Å². The van der Waals surface area contributed by atoms with Crippen LogP contribution in [0.25, 0.3) is 0 Å². The number of aryl methyl sites for hydroxylation is 2. The summed E-state index contributed by atoms with van der Waals surface area (Å²) < 4.78 is 5.48. The summed E-state index contributed by atoms with van der Waals surface area (Å²) in [4.78, 5) is 36.3. The van der Waals surface area contributed by atoms with E-state index in [-0.39, 0.29) is 23.9 Å². The molecular weight excluding hydrogens is 524 g/mol. The van der Waals surface area contributed by atoms with Gasteiger partial charge < -0.3 is 19.1 Å². The van der Waals surface area contributed by atoms with Gasteiger partial charge in [-0.15, -0.1) is 0 Å². The third-order valence-corrected chi connectivity index (χ3v) is 8.50. The van der Waals surface area contributed by atoms with E-state index in [0.717, 1.165) is 54.2 Å². The number of piperazine rings is 1. The van der Waals surface area contributed by atoms with Gasteiger partial charge in [0.2, 0.25) is 5.91 Å². The van der Waals surface area contributed by atoms with Gasteiger partial charge in [0, 0.05) is 49.3 Å². The van der Waals surface area contributed by atoms with Crippen molar-refractivity contribution in [3.05, 3.63) is 114 Å². The lowest BCUT2D eigenvalue weighted by atomic mass is 9.88. The van der Waals surface area contributed by atoms with Gasteiger partial charge in [-0.2, -0.15) is 0 Å². The van der Waals surface area contributed by atoms with Crippen molar-refractivity contribution in [2.24, 2.45) is 0 Å². The summed E-state index contributed by atoms with van der Waals surface area (Å²) in [6, 6.07) is 27.9. The Hall–Kier alpha value is -4.36. The van der Waals surface area contributed by atoms with Crippen LogP contribution < -0.4 is 14.7 Å². The van der Waals surface area contributed by atoms with Crippen LogP contribution in [0.15, 0.2) is 95.6 Å². The van der Waals surface area contributed by atoms with Crippen LogP contribution in [0.2, 0.25) is 0 Å². The summed E-state index contributed by atoms with van der Waals surface area (Å²) >= 11 is 0. The monoisotopic (exact) mass is 562 g/mol. The largest absolute Gasteiger partial charge is 0.459 e. The molecule has 4 aromatic rings. The number of nitrogens with zero attached hydrogens (tertiary/aromatic N) is 4. The highest BCUT2D eigenvalue weighted by Crippen LogP contribution is 2.43. The fourth-order valence-electron chi connectivity index (χ4n) is 6.30. The van der Waals surface area contributed by atoms with E-state index in [0.29, 0.717) is 18.7 Å². The normalized spacial score (nSPS) is 18.9. The molecule has 3 heterocycles. The molecular formula is C35H38N4O3. The Bertz CT molecular complexity index is 1530. The molecule has 0 bridgehead atoms. The van der Waals surface area contributed by atoms with Crippen LogP contribution in [-0.2, 0) is 4.79 Å². The lowest BCUT2D eigenvalue weighted by Gasteiger charge is -2.44. The van der Waals surface area contributed by atoms with E-state index in [1.54, 1.807) is 12.1 Å². The van der Waals surface area contributed by atoms with Crippen molar-refractivity contribution in [2.75, 3.05) is 47.4 Å². The maximum absolute atomic E-state index is 14.3. The molecule has 0 N–H and O–H groups in total. The SMILES string of the molecule is Cc1ccc(N(C(=O)CN2CCN(c3ccccc3)CC2)[C@@H]2C[C@H](C)N(C(=O)c3ccco3)c3ccc(C)cc32)cc1. The highest BCUT2D eigenvalue weighted by atomic mass is 16.3. The summed E-state index contributed by atoms with van der Waals surface area (Å²) in [7, 11) is 0. The Labute approximate surface area is 247 Å². The molecule has 0 radical (unpaired) electrons. The number of amides is 2. The molecule has 0 aliphatic carbocycles. The minimum absolute atomic E-state index is 0.0717. The number of furan rings is 1. The summed E-state index contributed by atoms with van der Waals surface area (Å²) in [6.45, 7) is 9.92. The van der Waals surface area contributed by atoms with Gasteiger partial charge in [0.05, 0.1) is 18.8 Å². The fraction of sp³-hybridized carbons (Fsp3) is 0.314. The van der Waals surface area contributed by atoms with E-state index in [1.807, 2.05) is 40.1 Å². The second-order valence-electron chi connectivity index (χ2n) is 11.5. The molecule has 216 valence electrons. The number of benzene rings is 3. The number of carbonyl (C=O) groups is 2. The Kier molecular flexibility index (Phi) is 7.85. The molecule has 0 unspecified atom stereocenters. The predicted molar refractivity (Wildman–Crippen MR) is 167 cm³/mol. The third kappa shape index (κ3) is 5.57. The average molecular weight is 563 g/mol. The summed E-state index contributed by atoms with van der Waals surface area (Å²) in [5.74, 6) is 0.218. The zero-order valence-corrected chi connectivity index (χ0v) is 24.6. The van der Waals surface area contributed by atoms with E-state index < -0.39 is 0 Å². The Morgan fingerprint density at radius 2 is 1.57 bits per heavy atom. The van der Waals surface area contributed by atoms with Crippen LogP contribution >= 0.6 is 0 Å². The van der Waals surface area contributed by atoms with E-state index in [1.165, 1.54) is 12.0 Å². The third-order valence-electron chi connectivity index (χ3n) is 8.50. The molecule has 1 aromatic heterocycles. The molecule has 2 aliphatic rings. The molecule has 1 saturated heterocycles. The van der Waals surface area contributed by atoms with Crippen LogP contribution in [0.4, 0.5) is 17.1 Å². The molecule has 7 heteroatoms. The van der Waals surface area contributed by atoms with Crippen molar-refractivity contribution < 1.29 is 14.0 Å². The van der Waals surface area contributed by atoms with E-state index in [2.05, 4.69) is 73.0 Å².